The van der Waals surface area contributed by atoms with Crippen LogP contribution in [0.25, 0.3) is 0 Å². The monoisotopic (exact) mass is 268 g/mol. The normalized spacial score (nSPS) is 12.3. The van der Waals surface area contributed by atoms with Crippen LogP contribution in [-0.2, 0) is 6.54 Å². The van der Waals surface area contributed by atoms with E-state index in [1.54, 1.807) is 6.07 Å². The number of aromatic nitrogens is 1. The third-order valence-electron chi connectivity index (χ3n) is 2.56. The van der Waals surface area contributed by atoms with Crippen LogP contribution in [0.1, 0.15) is 36.5 Å². The molecule has 0 aliphatic rings. The van der Waals surface area contributed by atoms with Crippen molar-refractivity contribution < 1.29 is 9.90 Å². The quantitative estimate of drug-likeness (QED) is 0.709. The smallest absolute Gasteiger partial charge is 0.354 e. The third-order valence-corrected chi connectivity index (χ3v) is 3.49. The summed E-state index contributed by atoms with van der Waals surface area (Å²) in [5.74, 6) is 1.31. The molecule has 1 aromatic rings. The molecule has 0 radical (unpaired) electrons. The Morgan fingerprint density at radius 2 is 2.33 bits per heavy atom. The zero-order valence-electron chi connectivity index (χ0n) is 10.8. The van der Waals surface area contributed by atoms with E-state index >= 15 is 0 Å². The van der Waals surface area contributed by atoms with E-state index < -0.39 is 5.97 Å². The van der Waals surface area contributed by atoms with Gasteiger partial charge >= 0.3 is 5.97 Å². The molecule has 0 saturated heterocycles. The minimum atomic E-state index is -0.982. The molecule has 0 aliphatic carbocycles. The number of pyridine rings is 1. The van der Waals surface area contributed by atoms with Crippen molar-refractivity contribution >= 4 is 17.7 Å². The first-order valence-electron chi connectivity index (χ1n) is 6.13. The number of nitrogens with zero attached hydrogens (tertiary/aromatic N) is 1. The number of carboxylic acids is 1. The maximum absolute atomic E-state index is 10.8. The fraction of sp³-hybridized carbons (Fsp3) is 0.538. The van der Waals surface area contributed by atoms with E-state index in [1.165, 1.54) is 6.07 Å². The van der Waals surface area contributed by atoms with Crippen LogP contribution < -0.4 is 5.32 Å². The largest absolute Gasteiger partial charge is 0.477 e. The molecule has 0 spiro atoms. The van der Waals surface area contributed by atoms with Crippen LogP contribution in [0.3, 0.4) is 0 Å². The summed E-state index contributed by atoms with van der Waals surface area (Å²) in [5, 5.41) is 12.2. The molecule has 0 saturated carbocycles. The lowest BCUT2D eigenvalue weighted by Gasteiger charge is -2.13. The number of thioether (sulfide) groups is 1. The second-order valence-electron chi connectivity index (χ2n) is 4.09. The van der Waals surface area contributed by atoms with Gasteiger partial charge in [-0.05, 0) is 37.0 Å². The Hall–Kier alpha value is -1.07. The van der Waals surface area contributed by atoms with Gasteiger partial charge in [0.1, 0.15) is 5.69 Å². The van der Waals surface area contributed by atoms with Crippen molar-refractivity contribution in [2.24, 2.45) is 0 Å². The maximum Gasteiger partial charge on any atom is 0.354 e. The van der Waals surface area contributed by atoms with Gasteiger partial charge in [-0.2, -0.15) is 11.8 Å². The van der Waals surface area contributed by atoms with Gasteiger partial charge in [-0.15, -0.1) is 0 Å². The van der Waals surface area contributed by atoms with Gasteiger partial charge in [0, 0.05) is 12.6 Å². The van der Waals surface area contributed by atoms with Crippen LogP contribution in [0.4, 0.5) is 0 Å². The highest BCUT2D eigenvalue weighted by molar-refractivity contribution is 7.99. The van der Waals surface area contributed by atoms with E-state index in [4.69, 9.17) is 5.11 Å². The van der Waals surface area contributed by atoms with Crippen molar-refractivity contribution in [1.29, 1.82) is 0 Å². The van der Waals surface area contributed by atoms with Gasteiger partial charge < -0.3 is 10.4 Å². The molecule has 0 aliphatic heterocycles. The lowest BCUT2D eigenvalue weighted by Crippen LogP contribution is -2.26. The number of hydrogen-bond acceptors (Lipinski definition) is 4. The first-order valence-corrected chi connectivity index (χ1v) is 7.29. The van der Waals surface area contributed by atoms with Crippen molar-refractivity contribution in [2.45, 2.75) is 32.9 Å². The molecular weight excluding hydrogens is 248 g/mol. The Morgan fingerprint density at radius 3 is 3.00 bits per heavy atom. The molecule has 1 atom stereocenters. The van der Waals surface area contributed by atoms with Crippen molar-refractivity contribution in [3.8, 4) is 0 Å². The topological polar surface area (TPSA) is 62.2 Å². The summed E-state index contributed by atoms with van der Waals surface area (Å²) in [4.78, 5) is 14.9. The molecule has 1 heterocycles. The molecule has 0 aromatic carbocycles. The Morgan fingerprint density at radius 1 is 1.56 bits per heavy atom. The van der Waals surface area contributed by atoms with Crippen molar-refractivity contribution in [1.82, 2.24) is 10.3 Å². The number of carboxylic acid groups (broad SMARTS) is 1. The Balaban J connectivity index is 2.38. The number of aromatic carboxylic acids is 1. The van der Waals surface area contributed by atoms with E-state index in [2.05, 4.69) is 24.1 Å². The van der Waals surface area contributed by atoms with Crippen LogP contribution >= 0.6 is 11.8 Å². The van der Waals surface area contributed by atoms with Gasteiger partial charge in [-0.3, -0.25) is 0 Å². The zero-order chi connectivity index (χ0) is 13.4. The summed E-state index contributed by atoms with van der Waals surface area (Å²) in [5.41, 5.74) is 0.869. The molecule has 1 aromatic heterocycles. The predicted molar refractivity (Wildman–Crippen MR) is 75.1 cm³/mol. The molecule has 2 N–H and O–H groups in total. The van der Waals surface area contributed by atoms with E-state index in [0.29, 0.717) is 12.6 Å². The fourth-order valence-corrected chi connectivity index (χ4v) is 2.29. The summed E-state index contributed by atoms with van der Waals surface area (Å²) in [7, 11) is 0. The maximum atomic E-state index is 10.8. The Labute approximate surface area is 112 Å². The van der Waals surface area contributed by atoms with Gasteiger partial charge in [0.15, 0.2) is 0 Å². The fourth-order valence-electron chi connectivity index (χ4n) is 1.48. The average Bonchev–Trinajstić information content (AvgIpc) is 2.37. The highest BCUT2D eigenvalue weighted by atomic mass is 32.2. The molecule has 1 rings (SSSR count). The van der Waals surface area contributed by atoms with E-state index in [-0.39, 0.29) is 5.69 Å². The molecule has 18 heavy (non-hydrogen) atoms. The second-order valence-corrected chi connectivity index (χ2v) is 5.48. The SMILES string of the molecule is CCSCCC(C)NCc1cccc(C(=O)O)n1. The second kappa shape index (κ2) is 8.11. The molecule has 100 valence electrons. The standard InChI is InChI=1S/C13H20N2O2S/c1-3-18-8-7-10(2)14-9-11-5-4-6-12(15-11)13(16)17/h4-6,10,14H,3,7-9H2,1-2H3,(H,16,17). The van der Waals surface area contributed by atoms with Gasteiger partial charge in [0.05, 0.1) is 5.69 Å². The molecule has 4 nitrogen and oxygen atoms in total. The summed E-state index contributed by atoms with van der Waals surface area (Å²) >= 11 is 1.93. The lowest BCUT2D eigenvalue weighted by molar-refractivity contribution is 0.0690. The Bertz CT molecular complexity index is 385. The molecule has 0 bridgehead atoms. The first-order chi connectivity index (χ1) is 8.63. The number of carbonyl (C=O) groups is 1. The summed E-state index contributed by atoms with van der Waals surface area (Å²) < 4.78 is 0. The zero-order valence-corrected chi connectivity index (χ0v) is 11.7. The molecule has 1 unspecified atom stereocenters. The highest BCUT2D eigenvalue weighted by Crippen LogP contribution is 2.05. The third kappa shape index (κ3) is 5.51. The van der Waals surface area contributed by atoms with Crippen LogP contribution in [-0.4, -0.2) is 33.6 Å². The highest BCUT2D eigenvalue weighted by Gasteiger charge is 2.06. The summed E-state index contributed by atoms with van der Waals surface area (Å²) in [6.45, 7) is 4.90. The number of rotatable bonds is 8. The first kappa shape index (κ1) is 15.0. The van der Waals surface area contributed by atoms with E-state index in [1.807, 2.05) is 17.8 Å². The van der Waals surface area contributed by atoms with Gasteiger partial charge in [0.25, 0.3) is 0 Å². The van der Waals surface area contributed by atoms with Crippen LogP contribution in [0, 0.1) is 0 Å². The lowest BCUT2D eigenvalue weighted by atomic mass is 10.2. The van der Waals surface area contributed by atoms with E-state index in [9.17, 15) is 4.79 Å². The Kier molecular flexibility index (Phi) is 6.75. The number of nitrogens with one attached hydrogen (secondary N) is 1. The molecule has 0 amide bonds. The number of hydrogen-bond donors (Lipinski definition) is 2. The molecule has 0 fully saturated rings. The summed E-state index contributed by atoms with van der Waals surface area (Å²) in [6.07, 6.45) is 1.11. The van der Waals surface area contributed by atoms with E-state index in [0.717, 1.165) is 23.6 Å². The molecular formula is C13H20N2O2S. The van der Waals surface area contributed by atoms with Crippen LogP contribution in [0.2, 0.25) is 0 Å². The molecule has 5 heteroatoms. The van der Waals surface area contributed by atoms with Crippen LogP contribution in [0.15, 0.2) is 18.2 Å². The van der Waals surface area contributed by atoms with Gasteiger partial charge in [0.2, 0.25) is 0 Å². The van der Waals surface area contributed by atoms with Gasteiger partial charge in [-0.1, -0.05) is 13.0 Å². The van der Waals surface area contributed by atoms with Crippen molar-refractivity contribution in [3.63, 3.8) is 0 Å². The average molecular weight is 268 g/mol. The minimum absolute atomic E-state index is 0.100. The summed E-state index contributed by atoms with van der Waals surface area (Å²) in [6, 6.07) is 5.49. The van der Waals surface area contributed by atoms with Gasteiger partial charge in [-0.25, -0.2) is 9.78 Å². The van der Waals surface area contributed by atoms with Crippen LogP contribution in [0.5, 0.6) is 0 Å². The van der Waals surface area contributed by atoms with Crippen molar-refractivity contribution in [3.05, 3.63) is 29.6 Å². The van der Waals surface area contributed by atoms with Crippen molar-refractivity contribution in [2.75, 3.05) is 11.5 Å². The predicted octanol–water partition coefficient (Wildman–Crippen LogP) is 2.40. The minimum Gasteiger partial charge on any atom is -0.477 e.